The normalized spacial score (nSPS) is 45.1. The molecule has 0 spiro atoms. The van der Waals surface area contributed by atoms with Crippen LogP contribution in [0.3, 0.4) is 0 Å². The van der Waals surface area contributed by atoms with Gasteiger partial charge in [0.25, 0.3) is 0 Å². The van der Waals surface area contributed by atoms with E-state index in [-0.39, 0.29) is 11.3 Å². The van der Waals surface area contributed by atoms with Gasteiger partial charge in [0.2, 0.25) is 0 Å². The summed E-state index contributed by atoms with van der Waals surface area (Å²) in [6.45, 7) is 4.72. The molecule has 0 bridgehead atoms. The summed E-state index contributed by atoms with van der Waals surface area (Å²) >= 11 is 0. The van der Waals surface area contributed by atoms with Crippen molar-refractivity contribution in [2.24, 2.45) is 40.9 Å². The lowest BCUT2D eigenvalue weighted by Crippen LogP contribution is -2.51. The lowest BCUT2D eigenvalue weighted by molar-refractivity contribution is -0.133. The van der Waals surface area contributed by atoms with Gasteiger partial charge in [-0.25, -0.2) is 0 Å². The molecule has 30 heavy (non-hydrogen) atoms. The lowest BCUT2D eigenvalue weighted by Gasteiger charge is -2.56. The highest BCUT2D eigenvalue weighted by Crippen LogP contribution is 2.64. The fourth-order valence-corrected chi connectivity index (χ4v) is 8.39. The zero-order valence-electron chi connectivity index (χ0n) is 18.4. The number of nitriles is 1. The molecule has 1 heterocycles. The number of hydrogen-bond donors (Lipinski definition) is 1. The molecule has 4 aliphatic carbocycles. The van der Waals surface area contributed by atoms with E-state index in [0.29, 0.717) is 29.7 Å². The Balaban J connectivity index is 1.30. The van der Waals surface area contributed by atoms with E-state index in [1.165, 1.54) is 38.3 Å². The molecule has 0 aliphatic heterocycles. The summed E-state index contributed by atoms with van der Waals surface area (Å²) in [6.07, 6.45) is 13.5. The van der Waals surface area contributed by atoms with Crippen molar-refractivity contribution in [1.82, 2.24) is 9.78 Å². The zero-order valence-corrected chi connectivity index (χ0v) is 18.4. The first kappa shape index (κ1) is 20.2. The van der Waals surface area contributed by atoms with Gasteiger partial charge in [0, 0.05) is 12.1 Å². The van der Waals surface area contributed by atoms with Crippen molar-refractivity contribution in [2.75, 3.05) is 0 Å². The van der Waals surface area contributed by atoms with Gasteiger partial charge < -0.3 is 5.11 Å². The molecule has 1 aromatic rings. The zero-order chi connectivity index (χ0) is 21.1. The maximum atomic E-state index is 13.3. The highest BCUT2D eigenvalue weighted by Gasteiger charge is 2.58. The van der Waals surface area contributed by atoms with E-state index in [4.69, 9.17) is 5.26 Å². The quantitative estimate of drug-likeness (QED) is 0.805. The molecule has 1 aromatic heterocycles. The molecule has 0 saturated heterocycles. The molecule has 0 radical (unpaired) electrons. The number of fused-ring (bicyclic) bond motifs is 5. The van der Waals surface area contributed by atoms with Crippen LogP contribution in [-0.2, 0) is 11.3 Å². The maximum Gasteiger partial charge on any atom is 0.157 e. The first-order valence-corrected chi connectivity index (χ1v) is 12.0. The van der Waals surface area contributed by atoms with E-state index in [9.17, 15) is 9.90 Å². The second kappa shape index (κ2) is 7.19. The van der Waals surface area contributed by atoms with Gasteiger partial charge in [-0.2, -0.15) is 10.4 Å². The topological polar surface area (TPSA) is 78.9 Å². The van der Waals surface area contributed by atoms with Crippen molar-refractivity contribution in [3.8, 4) is 6.07 Å². The summed E-state index contributed by atoms with van der Waals surface area (Å²) in [5, 5.41) is 23.8. The molecule has 4 aliphatic rings. The number of rotatable bonds is 3. The van der Waals surface area contributed by atoms with Crippen LogP contribution in [0.2, 0.25) is 0 Å². The van der Waals surface area contributed by atoms with Gasteiger partial charge >= 0.3 is 0 Å². The highest BCUT2D eigenvalue weighted by atomic mass is 16.3. The average Bonchev–Trinajstić information content (AvgIpc) is 3.30. The molecule has 4 saturated carbocycles. The number of nitrogens with zero attached hydrogens (tertiary/aromatic N) is 3. The Labute approximate surface area is 179 Å². The van der Waals surface area contributed by atoms with Gasteiger partial charge in [-0.3, -0.25) is 9.48 Å². The maximum absolute atomic E-state index is 13.3. The number of aliphatic hydroxyl groups is 1. The van der Waals surface area contributed by atoms with Crippen LogP contribution in [0.25, 0.3) is 0 Å². The van der Waals surface area contributed by atoms with Crippen molar-refractivity contribution in [1.29, 1.82) is 5.26 Å². The molecule has 162 valence electrons. The number of aromatic nitrogens is 2. The number of carbonyl (C=O) groups excluding carboxylic acids is 1. The molecule has 1 N–H and O–H groups in total. The third-order valence-electron chi connectivity index (χ3n) is 9.71. The standard InChI is InChI=1S/C25H35N3O2/c1-24(30)9-7-18-17(11-24)3-4-20-19(18)8-10-25(2)21(20)5-6-22(25)23(29)15-28-14-16(12-26)13-27-28/h13-14,17-22,30H,3-11,15H2,1-2H3/t17?,18?,19-,20-,21+,22?,24-,25?/m1/s1. The van der Waals surface area contributed by atoms with Crippen LogP contribution in [-0.4, -0.2) is 26.3 Å². The Morgan fingerprint density at radius 1 is 1.17 bits per heavy atom. The Kier molecular flexibility index (Phi) is 4.85. The number of ketones is 1. The molecular weight excluding hydrogens is 374 g/mol. The van der Waals surface area contributed by atoms with Gasteiger partial charge in [0.1, 0.15) is 6.07 Å². The monoisotopic (exact) mass is 409 g/mol. The van der Waals surface area contributed by atoms with Crippen LogP contribution in [0.5, 0.6) is 0 Å². The van der Waals surface area contributed by atoms with E-state index >= 15 is 0 Å². The summed E-state index contributed by atoms with van der Waals surface area (Å²) in [6, 6.07) is 2.09. The minimum absolute atomic E-state index is 0.121. The smallest absolute Gasteiger partial charge is 0.157 e. The van der Waals surface area contributed by atoms with Crippen LogP contribution in [0.4, 0.5) is 0 Å². The Hall–Kier alpha value is -1.67. The third-order valence-corrected chi connectivity index (χ3v) is 9.71. The first-order chi connectivity index (χ1) is 14.3. The van der Waals surface area contributed by atoms with E-state index in [1.807, 2.05) is 6.92 Å². The van der Waals surface area contributed by atoms with Crippen molar-refractivity contribution >= 4 is 5.78 Å². The summed E-state index contributed by atoms with van der Waals surface area (Å²) in [4.78, 5) is 13.3. The molecule has 8 atom stereocenters. The molecule has 4 fully saturated rings. The van der Waals surface area contributed by atoms with Crippen LogP contribution in [0.1, 0.15) is 77.2 Å². The number of Topliss-reactive ketones (excluding diaryl/α,β-unsaturated/α-hetero) is 1. The molecule has 0 aromatic carbocycles. The Morgan fingerprint density at radius 3 is 2.73 bits per heavy atom. The molecule has 5 rings (SSSR count). The predicted molar refractivity (Wildman–Crippen MR) is 113 cm³/mol. The van der Waals surface area contributed by atoms with E-state index < -0.39 is 5.60 Å². The minimum atomic E-state index is -0.458. The van der Waals surface area contributed by atoms with Crippen molar-refractivity contribution in [3.63, 3.8) is 0 Å². The van der Waals surface area contributed by atoms with Crippen LogP contribution in [0.15, 0.2) is 12.4 Å². The molecule has 5 heteroatoms. The lowest BCUT2D eigenvalue weighted by atomic mass is 9.49. The largest absolute Gasteiger partial charge is 0.390 e. The molecule has 5 nitrogen and oxygen atoms in total. The van der Waals surface area contributed by atoms with Crippen molar-refractivity contribution < 1.29 is 9.90 Å². The third kappa shape index (κ3) is 3.23. The second-order valence-corrected chi connectivity index (χ2v) is 11.4. The first-order valence-electron chi connectivity index (χ1n) is 12.0. The average molecular weight is 410 g/mol. The summed E-state index contributed by atoms with van der Waals surface area (Å²) in [5.41, 5.74) is 0.179. The highest BCUT2D eigenvalue weighted by molar-refractivity contribution is 5.82. The summed E-state index contributed by atoms with van der Waals surface area (Å²) < 4.78 is 1.64. The Bertz CT molecular complexity index is 868. The van der Waals surface area contributed by atoms with E-state index in [2.05, 4.69) is 18.1 Å². The molecule has 4 unspecified atom stereocenters. The van der Waals surface area contributed by atoms with E-state index in [0.717, 1.165) is 43.4 Å². The SMILES string of the molecule is CC12CC[C@@H]3C4CC[C@@](C)(O)CC4CC[C@H]3[C@@H]1CCC2C(=O)Cn1cc(C#N)cn1. The van der Waals surface area contributed by atoms with Crippen LogP contribution < -0.4 is 0 Å². The van der Waals surface area contributed by atoms with Crippen molar-refractivity contribution in [3.05, 3.63) is 18.0 Å². The van der Waals surface area contributed by atoms with Gasteiger partial charge in [-0.15, -0.1) is 0 Å². The molecular formula is C25H35N3O2. The van der Waals surface area contributed by atoms with Crippen LogP contribution >= 0.6 is 0 Å². The fourth-order valence-electron chi connectivity index (χ4n) is 8.39. The van der Waals surface area contributed by atoms with Gasteiger partial charge in [0.05, 0.1) is 23.9 Å². The second-order valence-electron chi connectivity index (χ2n) is 11.4. The molecule has 0 amide bonds. The summed E-state index contributed by atoms with van der Waals surface area (Å²) in [5.74, 6) is 4.15. The van der Waals surface area contributed by atoms with Gasteiger partial charge in [-0.1, -0.05) is 6.92 Å². The van der Waals surface area contributed by atoms with Gasteiger partial charge in [-0.05, 0) is 99.7 Å². The predicted octanol–water partition coefficient (Wildman–Crippen LogP) is 4.34. The number of hydrogen-bond acceptors (Lipinski definition) is 4. The summed E-state index contributed by atoms with van der Waals surface area (Å²) in [7, 11) is 0. The number of carbonyl (C=O) groups is 1. The minimum Gasteiger partial charge on any atom is -0.390 e. The van der Waals surface area contributed by atoms with Gasteiger partial charge in [0.15, 0.2) is 5.78 Å². The van der Waals surface area contributed by atoms with Crippen LogP contribution in [0, 0.1) is 52.3 Å². The van der Waals surface area contributed by atoms with E-state index in [1.54, 1.807) is 10.9 Å². The Morgan fingerprint density at radius 2 is 1.97 bits per heavy atom. The van der Waals surface area contributed by atoms with Crippen molar-refractivity contribution in [2.45, 2.75) is 83.8 Å². The fraction of sp³-hybridized carbons (Fsp3) is 0.800.